The van der Waals surface area contributed by atoms with Crippen molar-refractivity contribution in [1.29, 1.82) is 0 Å². The van der Waals surface area contributed by atoms with E-state index in [-0.39, 0.29) is 12.0 Å². The summed E-state index contributed by atoms with van der Waals surface area (Å²) < 4.78 is 6.51. The Morgan fingerprint density at radius 3 is 3.06 bits per heavy atom. The Balaban J connectivity index is 1.87. The van der Waals surface area contributed by atoms with Gasteiger partial charge in [-0.1, -0.05) is 12.1 Å². The van der Waals surface area contributed by atoms with Crippen LogP contribution in [0, 0.1) is 3.57 Å². The molecule has 1 saturated heterocycles. The number of ether oxygens (including phenoxy) is 1. The highest BCUT2D eigenvalue weighted by Crippen LogP contribution is 2.16. The van der Waals surface area contributed by atoms with Gasteiger partial charge in [0.15, 0.2) is 0 Å². The third-order valence-corrected chi connectivity index (χ3v) is 3.78. The van der Waals surface area contributed by atoms with Gasteiger partial charge in [0.2, 0.25) is 5.91 Å². The van der Waals surface area contributed by atoms with E-state index in [1.807, 2.05) is 31.2 Å². The average molecular weight is 360 g/mol. The van der Waals surface area contributed by atoms with E-state index in [4.69, 9.17) is 4.74 Å². The number of nitrogens with zero attached hydrogens (tertiary/aromatic N) is 1. The number of morpholine rings is 1. The summed E-state index contributed by atoms with van der Waals surface area (Å²) in [6.07, 6.45) is 0.211. The van der Waals surface area contributed by atoms with Gasteiger partial charge in [-0.25, -0.2) is 0 Å². The molecule has 18 heavy (non-hydrogen) atoms. The van der Waals surface area contributed by atoms with Gasteiger partial charge >= 0.3 is 0 Å². The van der Waals surface area contributed by atoms with Crippen LogP contribution in [0.15, 0.2) is 24.3 Å². The van der Waals surface area contributed by atoms with Crippen LogP contribution in [0.25, 0.3) is 0 Å². The Bertz CT molecular complexity index is 425. The smallest absolute Gasteiger partial charge is 0.238 e. The van der Waals surface area contributed by atoms with E-state index in [2.05, 4.69) is 32.8 Å². The zero-order valence-corrected chi connectivity index (χ0v) is 12.5. The Kier molecular flexibility index (Phi) is 4.96. The molecular weight excluding hydrogens is 343 g/mol. The standard InChI is InChI=1S/C13H17IN2O2/c1-10-8-16(6-7-18-10)9-13(17)15-12-5-3-2-4-11(12)14/h2-5,10H,6-9H2,1H3,(H,15,17)/t10-/m0/s1. The number of hydrogen-bond acceptors (Lipinski definition) is 3. The lowest BCUT2D eigenvalue weighted by Crippen LogP contribution is -2.44. The van der Waals surface area contributed by atoms with E-state index in [0.717, 1.165) is 22.3 Å². The van der Waals surface area contributed by atoms with Gasteiger partial charge in [-0.05, 0) is 41.6 Å². The quantitative estimate of drug-likeness (QED) is 0.838. The largest absolute Gasteiger partial charge is 0.376 e. The van der Waals surface area contributed by atoms with Crippen molar-refractivity contribution in [3.05, 3.63) is 27.8 Å². The van der Waals surface area contributed by atoms with Crippen LogP contribution in [0.5, 0.6) is 0 Å². The molecule has 5 heteroatoms. The van der Waals surface area contributed by atoms with Crippen LogP contribution in [0.4, 0.5) is 5.69 Å². The summed E-state index contributed by atoms with van der Waals surface area (Å²) in [6, 6.07) is 7.78. The maximum Gasteiger partial charge on any atom is 0.238 e. The second kappa shape index (κ2) is 6.49. The third-order valence-electron chi connectivity index (χ3n) is 2.84. The van der Waals surface area contributed by atoms with Gasteiger partial charge in [0, 0.05) is 16.7 Å². The van der Waals surface area contributed by atoms with Crippen LogP contribution < -0.4 is 5.32 Å². The SMILES string of the molecule is C[C@H]1CN(CC(=O)Nc2ccccc2I)CCO1. The maximum atomic E-state index is 11.9. The van der Waals surface area contributed by atoms with E-state index in [0.29, 0.717) is 13.2 Å². The number of hydrogen-bond donors (Lipinski definition) is 1. The number of benzene rings is 1. The molecule has 0 aliphatic carbocycles. The van der Waals surface area contributed by atoms with E-state index in [9.17, 15) is 4.79 Å². The maximum absolute atomic E-state index is 11.9. The number of halogens is 1. The zero-order chi connectivity index (χ0) is 13.0. The van der Waals surface area contributed by atoms with Crippen molar-refractivity contribution in [3.8, 4) is 0 Å². The molecule has 0 unspecified atom stereocenters. The summed E-state index contributed by atoms with van der Waals surface area (Å²) in [7, 11) is 0. The van der Waals surface area contributed by atoms with Gasteiger partial charge in [-0.3, -0.25) is 9.69 Å². The Morgan fingerprint density at radius 2 is 2.33 bits per heavy atom. The summed E-state index contributed by atoms with van der Waals surface area (Å²) >= 11 is 2.22. The summed E-state index contributed by atoms with van der Waals surface area (Å²) in [5, 5.41) is 2.94. The first-order valence-electron chi connectivity index (χ1n) is 6.03. The fourth-order valence-electron chi connectivity index (χ4n) is 1.99. The molecule has 1 aliphatic heterocycles. The number of carbonyl (C=O) groups is 1. The topological polar surface area (TPSA) is 41.6 Å². The Hall–Kier alpha value is -0.660. The summed E-state index contributed by atoms with van der Waals surface area (Å²) in [6.45, 7) is 4.81. The number of rotatable bonds is 3. The summed E-state index contributed by atoms with van der Waals surface area (Å²) in [4.78, 5) is 14.1. The first-order valence-corrected chi connectivity index (χ1v) is 7.11. The minimum absolute atomic E-state index is 0.0354. The lowest BCUT2D eigenvalue weighted by atomic mass is 10.3. The number of carbonyl (C=O) groups excluding carboxylic acids is 1. The first-order chi connectivity index (χ1) is 8.65. The van der Waals surface area contributed by atoms with Crippen LogP contribution in [-0.2, 0) is 9.53 Å². The van der Waals surface area contributed by atoms with E-state index >= 15 is 0 Å². The van der Waals surface area contributed by atoms with Crippen LogP contribution >= 0.6 is 22.6 Å². The molecule has 98 valence electrons. The highest BCUT2D eigenvalue weighted by atomic mass is 127. The van der Waals surface area contributed by atoms with Crippen molar-refractivity contribution < 1.29 is 9.53 Å². The molecule has 1 aromatic rings. The van der Waals surface area contributed by atoms with E-state index in [1.165, 1.54) is 0 Å². The van der Waals surface area contributed by atoms with Crippen LogP contribution in [-0.4, -0.2) is 43.2 Å². The molecule has 1 fully saturated rings. The molecular formula is C13H17IN2O2. The number of amides is 1. The van der Waals surface area contributed by atoms with Crippen LogP contribution in [0.3, 0.4) is 0 Å². The van der Waals surface area contributed by atoms with Gasteiger partial charge in [-0.15, -0.1) is 0 Å². The minimum atomic E-state index is 0.0354. The van der Waals surface area contributed by atoms with Gasteiger partial charge in [0.1, 0.15) is 0 Å². The number of para-hydroxylation sites is 1. The number of nitrogens with one attached hydrogen (secondary N) is 1. The molecule has 1 N–H and O–H groups in total. The molecule has 0 saturated carbocycles. The number of anilines is 1. The van der Waals surface area contributed by atoms with Gasteiger partial charge in [-0.2, -0.15) is 0 Å². The van der Waals surface area contributed by atoms with Crippen molar-refractivity contribution in [2.75, 3.05) is 31.6 Å². The molecule has 0 radical (unpaired) electrons. The lowest BCUT2D eigenvalue weighted by Gasteiger charge is -2.30. The molecule has 2 rings (SSSR count). The minimum Gasteiger partial charge on any atom is -0.376 e. The second-order valence-electron chi connectivity index (χ2n) is 4.44. The van der Waals surface area contributed by atoms with Crippen molar-refractivity contribution in [2.24, 2.45) is 0 Å². The van der Waals surface area contributed by atoms with Crippen molar-refractivity contribution in [2.45, 2.75) is 13.0 Å². The molecule has 4 nitrogen and oxygen atoms in total. The van der Waals surface area contributed by atoms with Crippen LogP contribution in [0.2, 0.25) is 0 Å². The first kappa shape index (κ1) is 13.8. The predicted molar refractivity (Wildman–Crippen MR) is 79.6 cm³/mol. The van der Waals surface area contributed by atoms with Gasteiger partial charge in [0.25, 0.3) is 0 Å². The molecule has 0 bridgehead atoms. The highest BCUT2D eigenvalue weighted by Gasteiger charge is 2.19. The summed E-state index contributed by atoms with van der Waals surface area (Å²) in [5.74, 6) is 0.0354. The highest BCUT2D eigenvalue weighted by molar-refractivity contribution is 14.1. The molecule has 1 heterocycles. The molecule has 0 spiro atoms. The molecule has 1 amide bonds. The van der Waals surface area contributed by atoms with Crippen LogP contribution in [0.1, 0.15) is 6.92 Å². The lowest BCUT2D eigenvalue weighted by molar-refractivity contribution is -0.119. The van der Waals surface area contributed by atoms with E-state index < -0.39 is 0 Å². The van der Waals surface area contributed by atoms with Gasteiger partial charge in [0.05, 0.1) is 24.9 Å². The molecule has 1 aromatic carbocycles. The second-order valence-corrected chi connectivity index (χ2v) is 5.61. The monoisotopic (exact) mass is 360 g/mol. The third kappa shape index (κ3) is 3.93. The Morgan fingerprint density at radius 1 is 1.56 bits per heavy atom. The predicted octanol–water partition coefficient (Wildman–Crippen LogP) is 1.95. The van der Waals surface area contributed by atoms with Crippen molar-refractivity contribution in [1.82, 2.24) is 4.90 Å². The molecule has 0 aromatic heterocycles. The zero-order valence-electron chi connectivity index (χ0n) is 10.4. The normalized spacial score (nSPS) is 20.7. The fraction of sp³-hybridized carbons (Fsp3) is 0.462. The Labute approximate surface area is 121 Å². The van der Waals surface area contributed by atoms with E-state index in [1.54, 1.807) is 0 Å². The van der Waals surface area contributed by atoms with Crippen molar-refractivity contribution >= 4 is 34.2 Å². The molecule has 1 atom stereocenters. The van der Waals surface area contributed by atoms with Crippen molar-refractivity contribution in [3.63, 3.8) is 0 Å². The molecule has 1 aliphatic rings. The van der Waals surface area contributed by atoms with Gasteiger partial charge < -0.3 is 10.1 Å². The average Bonchev–Trinajstić information content (AvgIpc) is 2.32. The summed E-state index contributed by atoms with van der Waals surface area (Å²) in [5.41, 5.74) is 0.879. The fourth-order valence-corrected chi connectivity index (χ4v) is 2.51.